The van der Waals surface area contributed by atoms with Crippen molar-refractivity contribution >= 4 is 0 Å². The van der Waals surface area contributed by atoms with Gasteiger partial charge in [-0.1, -0.05) is 6.42 Å². The van der Waals surface area contributed by atoms with E-state index in [-0.39, 0.29) is 0 Å². The summed E-state index contributed by atoms with van der Waals surface area (Å²) in [7, 11) is 1.82. The predicted octanol–water partition coefficient (Wildman–Crippen LogP) is 1.88. The number of hydrogen-bond acceptors (Lipinski definition) is 3. The van der Waals surface area contributed by atoms with Gasteiger partial charge in [0, 0.05) is 19.7 Å². The number of likely N-dealkylation sites (tertiary alicyclic amines) is 1. The van der Waals surface area contributed by atoms with Crippen molar-refractivity contribution in [3.05, 3.63) is 0 Å². The van der Waals surface area contributed by atoms with E-state index in [1.807, 2.05) is 7.11 Å². The summed E-state index contributed by atoms with van der Waals surface area (Å²) in [4.78, 5) is 2.61. The average Bonchev–Trinajstić information content (AvgIpc) is 3.05. The molecule has 1 aliphatic carbocycles. The van der Waals surface area contributed by atoms with Crippen LogP contribution < -0.4 is 5.32 Å². The summed E-state index contributed by atoms with van der Waals surface area (Å²) in [5.74, 6) is 0.788. The van der Waals surface area contributed by atoms with Gasteiger partial charge in [0.2, 0.25) is 0 Å². The molecule has 100 valence electrons. The Morgan fingerprint density at radius 2 is 2.06 bits per heavy atom. The maximum Gasteiger partial charge on any atom is 0.0503 e. The molecule has 0 aromatic carbocycles. The van der Waals surface area contributed by atoms with Gasteiger partial charge >= 0.3 is 0 Å². The molecule has 2 aliphatic rings. The molecular formula is C14H28N2O. The Balaban J connectivity index is 1.40. The van der Waals surface area contributed by atoms with Gasteiger partial charge in [-0.2, -0.15) is 0 Å². The first kappa shape index (κ1) is 13.3. The number of nitrogens with one attached hydrogen (secondary N) is 1. The van der Waals surface area contributed by atoms with Crippen LogP contribution in [-0.4, -0.2) is 50.8 Å². The molecule has 1 N–H and O–H groups in total. The van der Waals surface area contributed by atoms with E-state index in [0.29, 0.717) is 0 Å². The van der Waals surface area contributed by atoms with Gasteiger partial charge in [-0.05, 0) is 57.7 Å². The lowest BCUT2D eigenvalue weighted by atomic mass is 10.1. The lowest BCUT2D eigenvalue weighted by molar-refractivity contribution is 0.153. The van der Waals surface area contributed by atoms with Crippen molar-refractivity contribution in [2.24, 2.45) is 5.92 Å². The molecule has 1 aliphatic heterocycles. The minimum Gasteiger partial charge on any atom is -0.384 e. The van der Waals surface area contributed by atoms with Crippen molar-refractivity contribution in [2.45, 2.75) is 44.6 Å². The van der Waals surface area contributed by atoms with Crippen LogP contribution in [0.3, 0.4) is 0 Å². The van der Waals surface area contributed by atoms with Gasteiger partial charge < -0.3 is 15.0 Å². The van der Waals surface area contributed by atoms with Crippen molar-refractivity contribution in [2.75, 3.05) is 39.9 Å². The summed E-state index contributed by atoms with van der Waals surface area (Å²) in [5.41, 5.74) is 0. The number of unbranched alkanes of at least 4 members (excludes halogenated alkanes) is 2. The van der Waals surface area contributed by atoms with E-state index in [2.05, 4.69) is 10.2 Å². The lowest BCUT2D eigenvalue weighted by Crippen LogP contribution is -2.23. The molecule has 1 atom stereocenters. The first-order valence-corrected chi connectivity index (χ1v) is 7.33. The largest absolute Gasteiger partial charge is 0.384 e. The van der Waals surface area contributed by atoms with Crippen LogP contribution in [0.5, 0.6) is 0 Å². The van der Waals surface area contributed by atoms with Gasteiger partial charge in [-0.15, -0.1) is 0 Å². The van der Waals surface area contributed by atoms with Crippen LogP contribution >= 0.6 is 0 Å². The molecule has 1 saturated heterocycles. The van der Waals surface area contributed by atoms with Crippen molar-refractivity contribution in [1.29, 1.82) is 0 Å². The van der Waals surface area contributed by atoms with Crippen molar-refractivity contribution in [1.82, 2.24) is 10.2 Å². The van der Waals surface area contributed by atoms with Gasteiger partial charge in [-0.25, -0.2) is 0 Å². The van der Waals surface area contributed by atoms with Crippen LogP contribution in [0.2, 0.25) is 0 Å². The highest BCUT2D eigenvalue weighted by Crippen LogP contribution is 2.19. The second-order valence-corrected chi connectivity index (χ2v) is 5.70. The third-order valence-corrected chi connectivity index (χ3v) is 3.93. The zero-order valence-corrected chi connectivity index (χ0v) is 11.3. The second kappa shape index (κ2) is 7.34. The molecule has 2 fully saturated rings. The summed E-state index contributed by atoms with van der Waals surface area (Å²) in [6, 6.07) is 0.878. The number of hydrogen-bond donors (Lipinski definition) is 1. The summed E-state index contributed by atoms with van der Waals surface area (Å²) in [6.45, 7) is 6.02. The highest BCUT2D eigenvalue weighted by atomic mass is 16.5. The van der Waals surface area contributed by atoms with Gasteiger partial charge in [0.15, 0.2) is 0 Å². The predicted molar refractivity (Wildman–Crippen MR) is 71.3 cm³/mol. The van der Waals surface area contributed by atoms with E-state index in [4.69, 9.17) is 4.74 Å². The third-order valence-electron chi connectivity index (χ3n) is 3.93. The van der Waals surface area contributed by atoms with Crippen molar-refractivity contribution in [3.63, 3.8) is 0 Å². The Bertz CT molecular complexity index is 206. The average molecular weight is 240 g/mol. The summed E-state index contributed by atoms with van der Waals surface area (Å²) < 4.78 is 5.23. The monoisotopic (exact) mass is 240 g/mol. The molecule has 1 unspecified atom stereocenters. The Labute approximate surface area is 106 Å². The molecule has 0 bridgehead atoms. The van der Waals surface area contributed by atoms with Gasteiger partial charge in [0.05, 0.1) is 6.61 Å². The zero-order valence-electron chi connectivity index (χ0n) is 11.3. The second-order valence-electron chi connectivity index (χ2n) is 5.70. The fraction of sp³-hybridized carbons (Fsp3) is 1.00. The van der Waals surface area contributed by atoms with E-state index >= 15 is 0 Å². The highest BCUT2D eigenvalue weighted by molar-refractivity contribution is 4.80. The minimum atomic E-state index is 0.788. The standard InChI is InChI=1S/C14H28N2O/c1-17-12-13-7-10-16(11-13)9-4-2-3-8-15-14-5-6-14/h13-15H,2-12H2,1H3. The molecule has 2 rings (SSSR count). The molecule has 0 spiro atoms. The Hall–Kier alpha value is -0.120. The van der Waals surface area contributed by atoms with Gasteiger partial charge in [0.25, 0.3) is 0 Å². The van der Waals surface area contributed by atoms with Crippen LogP contribution in [-0.2, 0) is 4.74 Å². The molecule has 0 radical (unpaired) electrons. The van der Waals surface area contributed by atoms with E-state index in [1.165, 1.54) is 64.7 Å². The van der Waals surface area contributed by atoms with Gasteiger partial charge in [0.1, 0.15) is 0 Å². The smallest absolute Gasteiger partial charge is 0.0503 e. The van der Waals surface area contributed by atoms with E-state index in [9.17, 15) is 0 Å². The quantitative estimate of drug-likeness (QED) is 0.623. The van der Waals surface area contributed by atoms with Crippen LogP contribution in [0.4, 0.5) is 0 Å². The molecule has 0 aromatic rings. The SMILES string of the molecule is COCC1CCN(CCCCCNC2CC2)C1. The first-order valence-electron chi connectivity index (χ1n) is 7.33. The molecule has 3 nitrogen and oxygen atoms in total. The van der Waals surface area contributed by atoms with E-state index in [0.717, 1.165) is 18.6 Å². The summed E-state index contributed by atoms with van der Waals surface area (Å²) in [6.07, 6.45) is 8.25. The normalized spacial score (nSPS) is 25.6. The van der Waals surface area contributed by atoms with Crippen LogP contribution in [0, 0.1) is 5.92 Å². The zero-order chi connectivity index (χ0) is 11.9. The maximum atomic E-state index is 5.23. The summed E-state index contributed by atoms with van der Waals surface area (Å²) >= 11 is 0. The molecule has 0 amide bonds. The lowest BCUT2D eigenvalue weighted by Gasteiger charge is -2.15. The Kier molecular flexibility index (Phi) is 5.75. The van der Waals surface area contributed by atoms with E-state index < -0.39 is 0 Å². The molecular weight excluding hydrogens is 212 g/mol. The van der Waals surface area contributed by atoms with E-state index in [1.54, 1.807) is 0 Å². The highest BCUT2D eigenvalue weighted by Gasteiger charge is 2.21. The van der Waals surface area contributed by atoms with Crippen LogP contribution in [0.25, 0.3) is 0 Å². The maximum absolute atomic E-state index is 5.23. The first-order chi connectivity index (χ1) is 8.38. The third kappa shape index (κ3) is 5.36. The number of rotatable bonds is 9. The number of ether oxygens (including phenoxy) is 1. The van der Waals surface area contributed by atoms with Crippen LogP contribution in [0.1, 0.15) is 38.5 Å². The molecule has 17 heavy (non-hydrogen) atoms. The molecule has 1 heterocycles. The van der Waals surface area contributed by atoms with Crippen molar-refractivity contribution < 1.29 is 4.74 Å². The Morgan fingerprint density at radius 3 is 2.82 bits per heavy atom. The fourth-order valence-corrected chi connectivity index (χ4v) is 2.72. The van der Waals surface area contributed by atoms with Gasteiger partial charge in [-0.3, -0.25) is 0 Å². The topological polar surface area (TPSA) is 24.5 Å². The minimum absolute atomic E-state index is 0.788. The fourth-order valence-electron chi connectivity index (χ4n) is 2.72. The number of nitrogens with zero attached hydrogens (tertiary/aromatic N) is 1. The van der Waals surface area contributed by atoms with Crippen molar-refractivity contribution in [3.8, 4) is 0 Å². The van der Waals surface area contributed by atoms with Crippen LogP contribution in [0.15, 0.2) is 0 Å². The summed E-state index contributed by atoms with van der Waals surface area (Å²) in [5, 5.41) is 3.58. The molecule has 3 heteroatoms. The number of methoxy groups -OCH3 is 1. The molecule has 0 aromatic heterocycles. The molecule has 1 saturated carbocycles. The Morgan fingerprint density at radius 1 is 1.18 bits per heavy atom.